The van der Waals surface area contributed by atoms with E-state index in [0.717, 1.165) is 18.3 Å². The lowest BCUT2D eigenvalue weighted by molar-refractivity contribution is -0.119. The Hall–Kier alpha value is -0.770. The molecule has 0 atom stereocenters. The van der Waals surface area contributed by atoms with Gasteiger partial charge in [-0.2, -0.15) is 0 Å². The van der Waals surface area contributed by atoms with Gasteiger partial charge < -0.3 is 5.32 Å². The van der Waals surface area contributed by atoms with E-state index in [2.05, 4.69) is 17.6 Å². The van der Waals surface area contributed by atoms with Crippen LogP contribution in [0.15, 0.2) is 0 Å². The van der Waals surface area contributed by atoms with Gasteiger partial charge in [0, 0.05) is 18.8 Å². The molecule has 0 aromatic heterocycles. The van der Waals surface area contributed by atoms with Crippen LogP contribution in [0.25, 0.3) is 0 Å². The molecule has 1 aliphatic rings. The van der Waals surface area contributed by atoms with Crippen molar-refractivity contribution in [2.75, 3.05) is 12.4 Å². The van der Waals surface area contributed by atoms with Crippen LogP contribution in [0.1, 0.15) is 45.4 Å². The minimum Gasteiger partial charge on any atom is -0.338 e. The third-order valence-electron chi connectivity index (χ3n) is 3.55. The predicted molar refractivity (Wildman–Crippen MR) is 72.6 cm³/mol. The summed E-state index contributed by atoms with van der Waals surface area (Å²) in [5.41, 5.74) is 0. The molecule has 1 fully saturated rings. The molecule has 0 spiro atoms. The number of carbonyl (C=O) groups is 2. The van der Waals surface area contributed by atoms with E-state index in [-0.39, 0.29) is 18.2 Å². The van der Waals surface area contributed by atoms with Crippen LogP contribution in [0.5, 0.6) is 0 Å². The van der Waals surface area contributed by atoms with Gasteiger partial charge in [0.25, 0.3) is 0 Å². The quantitative estimate of drug-likeness (QED) is 0.757. The zero-order valence-corrected chi connectivity index (χ0v) is 11.8. The Balaban J connectivity index is 2.06. The van der Waals surface area contributed by atoms with Crippen molar-refractivity contribution in [1.82, 2.24) is 10.6 Å². The zero-order valence-electron chi connectivity index (χ0n) is 11.0. The van der Waals surface area contributed by atoms with E-state index in [0.29, 0.717) is 6.54 Å². The summed E-state index contributed by atoms with van der Waals surface area (Å²) >= 11 is 5.40. The van der Waals surface area contributed by atoms with Crippen molar-refractivity contribution < 1.29 is 9.59 Å². The monoisotopic (exact) mass is 274 g/mol. The van der Waals surface area contributed by atoms with Gasteiger partial charge in [-0.3, -0.25) is 10.1 Å². The molecular formula is C13H23ClN2O2. The van der Waals surface area contributed by atoms with E-state index in [9.17, 15) is 9.59 Å². The van der Waals surface area contributed by atoms with E-state index in [4.69, 9.17) is 11.6 Å². The number of carbonyl (C=O) groups excluding carboxylic acids is 2. The van der Waals surface area contributed by atoms with Crippen LogP contribution in [0, 0.1) is 11.8 Å². The molecular weight excluding hydrogens is 252 g/mol. The van der Waals surface area contributed by atoms with Gasteiger partial charge in [-0.05, 0) is 18.3 Å². The molecule has 5 heteroatoms. The average molecular weight is 275 g/mol. The number of rotatable bonds is 5. The molecule has 0 unspecified atom stereocenters. The topological polar surface area (TPSA) is 58.2 Å². The van der Waals surface area contributed by atoms with Gasteiger partial charge in [0.05, 0.1) is 0 Å². The average Bonchev–Trinajstić information content (AvgIpc) is 2.32. The van der Waals surface area contributed by atoms with Gasteiger partial charge in [-0.15, -0.1) is 11.6 Å². The lowest BCUT2D eigenvalue weighted by Crippen LogP contribution is -2.40. The largest absolute Gasteiger partial charge is 0.338 e. The summed E-state index contributed by atoms with van der Waals surface area (Å²) in [6.07, 6.45) is 6.29. The Morgan fingerprint density at radius 1 is 1.22 bits per heavy atom. The Morgan fingerprint density at radius 3 is 2.50 bits per heavy atom. The standard InChI is InChI=1S/C13H23ClN2O2/c1-10-2-4-11(5-3-10)7-9-15-13(18)16-12(17)6-8-14/h10-11H,2-9H2,1H3,(H2,15,16,17,18). The molecule has 0 heterocycles. The van der Waals surface area contributed by atoms with Crippen molar-refractivity contribution in [3.8, 4) is 0 Å². The van der Waals surface area contributed by atoms with E-state index >= 15 is 0 Å². The first-order chi connectivity index (χ1) is 8.61. The maximum Gasteiger partial charge on any atom is 0.321 e. The maximum atomic E-state index is 11.3. The fourth-order valence-electron chi connectivity index (χ4n) is 2.33. The van der Waals surface area contributed by atoms with Gasteiger partial charge >= 0.3 is 6.03 Å². The molecule has 1 saturated carbocycles. The lowest BCUT2D eigenvalue weighted by atomic mass is 9.81. The van der Waals surface area contributed by atoms with Gasteiger partial charge in [0.1, 0.15) is 0 Å². The Labute approximate surface area is 114 Å². The van der Waals surface area contributed by atoms with Crippen molar-refractivity contribution in [2.24, 2.45) is 11.8 Å². The fraction of sp³-hybridized carbons (Fsp3) is 0.846. The van der Waals surface area contributed by atoms with E-state index in [1.54, 1.807) is 0 Å². The first-order valence-corrected chi connectivity index (χ1v) is 7.29. The third-order valence-corrected chi connectivity index (χ3v) is 3.74. The summed E-state index contributed by atoms with van der Waals surface area (Å²) in [4.78, 5) is 22.4. The van der Waals surface area contributed by atoms with Crippen LogP contribution in [0.2, 0.25) is 0 Å². The second kappa shape index (κ2) is 8.35. The highest BCUT2D eigenvalue weighted by Gasteiger charge is 2.18. The van der Waals surface area contributed by atoms with Crippen molar-refractivity contribution in [3.63, 3.8) is 0 Å². The smallest absolute Gasteiger partial charge is 0.321 e. The third kappa shape index (κ3) is 6.24. The highest BCUT2D eigenvalue weighted by molar-refractivity contribution is 6.19. The highest BCUT2D eigenvalue weighted by Crippen LogP contribution is 2.29. The fourth-order valence-corrected chi connectivity index (χ4v) is 2.50. The Kier molecular flexibility index (Phi) is 7.09. The first-order valence-electron chi connectivity index (χ1n) is 6.75. The Bertz CT molecular complexity index is 276. The van der Waals surface area contributed by atoms with Crippen LogP contribution in [-0.2, 0) is 4.79 Å². The second-order valence-electron chi connectivity index (χ2n) is 5.16. The van der Waals surface area contributed by atoms with Crippen LogP contribution >= 0.6 is 11.6 Å². The van der Waals surface area contributed by atoms with E-state index in [1.807, 2.05) is 0 Å². The number of urea groups is 1. The number of imide groups is 1. The maximum absolute atomic E-state index is 11.3. The molecule has 104 valence electrons. The Morgan fingerprint density at radius 2 is 1.89 bits per heavy atom. The van der Waals surface area contributed by atoms with Crippen molar-refractivity contribution in [2.45, 2.75) is 45.4 Å². The van der Waals surface area contributed by atoms with Gasteiger partial charge in [-0.25, -0.2) is 4.79 Å². The molecule has 0 aromatic carbocycles. The lowest BCUT2D eigenvalue weighted by Gasteiger charge is -2.26. The van der Waals surface area contributed by atoms with Crippen LogP contribution < -0.4 is 10.6 Å². The number of amides is 3. The van der Waals surface area contributed by atoms with Gasteiger partial charge in [0.15, 0.2) is 0 Å². The molecule has 4 nitrogen and oxygen atoms in total. The minimum absolute atomic E-state index is 0.176. The summed E-state index contributed by atoms with van der Waals surface area (Å²) < 4.78 is 0. The minimum atomic E-state index is -0.408. The summed E-state index contributed by atoms with van der Waals surface area (Å²) in [7, 11) is 0. The number of alkyl halides is 1. The van der Waals surface area contributed by atoms with Gasteiger partial charge in [0.2, 0.25) is 5.91 Å². The molecule has 2 N–H and O–H groups in total. The molecule has 3 amide bonds. The van der Waals surface area contributed by atoms with Gasteiger partial charge in [-0.1, -0.05) is 32.6 Å². The predicted octanol–water partition coefficient (Wildman–Crippen LogP) is 2.66. The highest BCUT2D eigenvalue weighted by atomic mass is 35.5. The van der Waals surface area contributed by atoms with Crippen molar-refractivity contribution in [3.05, 3.63) is 0 Å². The molecule has 1 rings (SSSR count). The molecule has 0 radical (unpaired) electrons. The number of halogens is 1. The van der Waals surface area contributed by atoms with Crippen LogP contribution in [0.3, 0.4) is 0 Å². The normalized spacial score (nSPS) is 23.4. The molecule has 0 bridgehead atoms. The van der Waals surface area contributed by atoms with E-state index < -0.39 is 6.03 Å². The summed E-state index contributed by atoms with van der Waals surface area (Å²) in [5.74, 6) is 1.49. The van der Waals surface area contributed by atoms with Crippen molar-refractivity contribution in [1.29, 1.82) is 0 Å². The van der Waals surface area contributed by atoms with Crippen LogP contribution in [-0.4, -0.2) is 24.4 Å². The molecule has 18 heavy (non-hydrogen) atoms. The SMILES string of the molecule is CC1CCC(CCNC(=O)NC(=O)CCCl)CC1. The summed E-state index contributed by atoms with van der Waals surface area (Å²) in [5, 5.41) is 4.97. The number of hydrogen-bond donors (Lipinski definition) is 2. The summed E-state index contributed by atoms with van der Waals surface area (Å²) in [6, 6.07) is -0.408. The molecule has 0 aliphatic heterocycles. The van der Waals surface area contributed by atoms with E-state index in [1.165, 1.54) is 25.7 Å². The molecule has 0 aromatic rings. The van der Waals surface area contributed by atoms with Crippen LogP contribution in [0.4, 0.5) is 4.79 Å². The zero-order chi connectivity index (χ0) is 13.4. The van der Waals surface area contributed by atoms with Crippen molar-refractivity contribution >= 4 is 23.5 Å². The number of nitrogens with one attached hydrogen (secondary N) is 2. The number of hydrogen-bond acceptors (Lipinski definition) is 2. The first kappa shape index (κ1) is 15.3. The molecule has 0 saturated heterocycles. The molecule has 1 aliphatic carbocycles. The second-order valence-corrected chi connectivity index (χ2v) is 5.54. The summed E-state index contributed by atoms with van der Waals surface area (Å²) in [6.45, 7) is 2.93.